The van der Waals surface area contributed by atoms with Crippen LogP contribution in [0.2, 0.25) is 0 Å². The number of rotatable bonds is 3. The molecule has 3 aromatic rings. The Kier molecular flexibility index (Phi) is 4.86. The number of benzene rings is 1. The molecule has 1 aliphatic heterocycles. The highest BCUT2D eigenvalue weighted by Gasteiger charge is 2.22. The SMILES string of the molecule is O=C(c1cncnc1)N1CCC[C@@H](Cc2ccc3cnccc3c2)CC1. The Bertz CT molecular complexity index is 897. The summed E-state index contributed by atoms with van der Waals surface area (Å²) in [7, 11) is 0. The van der Waals surface area contributed by atoms with E-state index in [1.807, 2.05) is 17.3 Å². The number of hydrogen-bond acceptors (Lipinski definition) is 4. The minimum Gasteiger partial charge on any atom is -0.339 e. The van der Waals surface area contributed by atoms with Crippen molar-refractivity contribution in [2.45, 2.75) is 25.7 Å². The van der Waals surface area contributed by atoms with Crippen LogP contribution in [0.25, 0.3) is 10.8 Å². The van der Waals surface area contributed by atoms with Crippen molar-refractivity contribution in [2.75, 3.05) is 13.1 Å². The molecule has 1 atom stereocenters. The molecule has 4 rings (SSSR count). The van der Waals surface area contributed by atoms with Crippen LogP contribution >= 0.6 is 0 Å². The van der Waals surface area contributed by atoms with E-state index < -0.39 is 0 Å². The van der Waals surface area contributed by atoms with Crippen molar-refractivity contribution in [3.63, 3.8) is 0 Å². The molecule has 3 heterocycles. The lowest BCUT2D eigenvalue weighted by Crippen LogP contribution is -2.32. The maximum atomic E-state index is 12.6. The molecular formula is C21H22N4O. The minimum absolute atomic E-state index is 0.0458. The lowest BCUT2D eigenvalue weighted by atomic mass is 9.92. The van der Waals surface area contributed by atoms with E-state index in [1.54, 1.807) is 12.4 Å². The number of likely N-dealkylation sites (tertiary alicyclic amines) is 1. The van der Waals surface area contributed by atoms with E-state index in [2.05, 4.69) is 39.2 Å². The third kappa shape index (κ3) is 3.72. The second-order valence-electron chi connectivity index (χ2n) is 6.98. The first kappa shape index (κ1) is 16.6. The summed E-state index contributed by atoms with van der Waals surface area (Å²) < 4.78 is 0. The summed E-state index contributed by atoms with van der Waals surface area (Å²) >= 11 is 0. The Labute approximate surface area is 153 Å². The van der Waals surface area contributed by atoms with Crippen LogP contribution in [0, 0.1) is 5.92 Å². The van der Waals surface area contributed by atoms with E-state index in [1.165, 1.54) is 22.7 Å². The van der Waals surface area contributed by atoms with Crippen LogP contribution in [0.3, 0.4) is 0 Å². The summed E-state index contributed by atoms with van der Waals surface area (Å²) in [4.78, 5) is 26.6. The number of pyridine rings is 1. The van der Waals surface area contributed by atoms with Gasteiger partial charge in [-0.3, -0.25) is 9.78 Å². The first-order chi connectivity index (χ1) is 12.8. The third-order valence-corrected chi connectivity index (χ3v) is 5.17. The molecule has 1 fully saturated rings. The van der Waals surface area contributed by atoms with E-state index in [-0.39, 0.29) is 5.91 Å². The quantitative estimate of drug-likeness (QED) is 0.728. The molecular weight excluding hydrogens is 324 g/mol. The van der Waals surface area contributed by atoms with Crippen LogP contribution in [-0.2, 0) is 6.42 Å². The number of fused-ring (bicyclic) bond motifs is 1. The molecule has 1 saturated heterocycles. The smallest absolute Gasteiger partial charge is 0.256 e. The van der Waals surface area contributed by atoms with Crippen molar-refractivity contribution in [1.29, 1.82) is 0 Å². The molecule has 0 radical (unpaired) electrons. The van der Waals surface area contributed by atoms with E-state index in [9.17, 15) is 4.79 Å². The van der Waals surface area contributed by atoms with Crippen LogP contribution in [-0.4, -0.2) is 38.8 Å². The van der Waals surface area contributed by atoms with Crippen molar-refractivity contribution in [2.24, 2.45) is 5.92 Å². The van der Waals surface area contributed by atoms with Gasteiger partial charge in [0, 0.05) is 43.3 Å². The van der Waals surface area contributed by atoms with Gasteiger partial charge in [0.25, 0.3) is 5.91 Å². The Morgan fingerprint density at radius 1 is 1.00 bits per heavy atom. The molecule has 0 unspecified atom stereocenters. The van der Waals surface area contributed by atoms with Crippen molar-refractivity contribution >= 4 is 16.7 Å². The maximum Gasteiger partial charge on any atom is 0.256 e. The molecule has 5 heteroatoms. The highest BCUT2D eigenvalue weighted by molar-refractivity contribution is 5.93. The van der Waals surface area contributed by atoms with E-state index in [0.29, 0.717) is 11.5 Å². The van der Waals surface area contributed by atoms with Crippen molar-refractivity contribution in [1.82, 2.24) is 19.9 Å². The zero-order chi connectivity index (χ0) is 17.8. The Hall–Kier alpha value is -2.82. The summed E-state index contributed by atoms with van der Waals surface area (Å²) in [5.41, 5.74) is 1.94. The largest absolute Gasteiger partial charge is 0.339 e. The number of carbonyl (C=O) groups is 1. The first-order valence-corrected chi connectivity index (χ1v) is 9.16. The second-order valence-corrected chi connectivity index (χ2v) is 6.98. The van der Waals surface area contributed by atoms with Gasteiger partial charge >= 0.3 is 0 Å². The number of hydrogen-bond donors (Lipinski definition) is 0. The molecule has 0 bridgehead atoms. The molecule has 2 aromatic heterocycles. The van der Waals surface area contributed by atoms with Gasteiger partial charge in [-0.1, -0.05) is 18.2 Å². The number of aromatic nitrogens is 3. The number of carbonyl (C=O) groups excluding carboxylic acids is 1. The fourth-order valence-corrected chi connectivity index (χ4v) is 3.76. The molecule has 1 aliphatic rings. The number of amides is 1. The zero-order valence-corrected chi connectivity index (χ0v) is 14.7. The lowest BCUT2D eigenvalue weighted by molar-refractivity contribution is 0.0759. The Morgan fingerprint density at radius 2 is 1.88 bits per heavy atom. The van der Waals surface area contributed by atoms with Crippen LogP contribution in [0.4, 0.5) is 0 Å². The molecule has 1 aromatic carbocycles. The Morgan fingerprint density at radius 3 is 2.77 bits per heavy atom. The van der Waals surface area contributed by atoms with Crippen molar-refractivity contribution < 1.29 is 4.79 Å². The topological polar surface area (TPSA) is 59.0 Å². The molecule has 0 spiro atoms. The summed E-state index contributed by atoms with van der Waals surface area (Å²) in [5, 5.41) is 2.42. The summed E-state index contributed by atoms with van der Waals surface area (Å²) in [6.45, 7) is 1.61. The number of nitrogens with zero attached hydrogens (tertiary/aromatic N) is 4. The van der Waals surface area contributed by atoms with E-state index in [4.69, 9.17) is 0 Å². The van der Waals surface area contributed by atoms with Gasteiger partial charge in [-0.2, -0.15) is 0 Å². The Balaban J connectivity index is 1.41. The molecule has 0 saturated carbocycles. The van der Waals surface area contributed by atoms with Gasteiger partial charge in [-0.25, -0.2) is 9.97 Å². The van der Waals surface area contributed by atoms with Crippen LogP contribution in [0.1, 0.15) is 35.2 Å². The van der Waals surface area contributed by atoms with Gasteiger partial charge in [-0.05, 0) is 48.6 Å². The molecule has 132 valence electrons. The molecule has 1 amide bonds. The van der Waals surface area contributed by atoms with Crippen LogP contribution in [0.5, 0.6) is 0 Å². The average Bonchev–Trinajstić information content (AvgIpc) is 2.93. The highest BCUT2D eigenvalue weighted by Crippen LogP contribution is 2.24. The standard InChI is InChI=1S/C21H22N4O/c26-21(20-13-23-15-24-14-20)25-8-1-2-16(6-9-25)10-17-3-4-19-12-22-7-5-18(19)11-17/h3-5,7,11-16H,1-2,6,8-10H2/t16-/m1/s1. The zero-order valence-electron chi connectivity index (χ0n) is 14.7. The van der Waals surface area contributed by atoms with Crippen molar-refractivity contribution in [3.8, 4) is 0 Å². The molecule has 26 heavy (non-hydrogen) atoms. The van der Waals surface area contributed by atoms with E-state index >= 15 is 0 Å². The van der Waals surface area contributed by atoms with Crippen LogP contribution in [0.15, 0.2) is 55.4 Å². The molecule has 0 N–H and O–H groups in total. The van der Waals surface area contributed by atoms with Gasteiger partial charge in [0.1, 0.15) is 6.33 Å². The maximum absolute atomic E-state index is 12.6. The first-order valence-electron chi connectivity index (χ1n) is 9.16. The highest BCUT2D eigenvalue weighted by atomic mass is 16.2. The lowest BCUT2D eigenvalue weighted by Gasteiger charge is -2.20. The van der Waals surface area contributed by atoms with Gasteiger partial charge in [-0.15, -0.1) is 0 Å². The fraction of sp³-hybridized carbons (Fsp3) is 0.333. The van der Waals surface area contributed by atoms with Gasteiger partial charge < -0.3 is 4.90 Å². The fourth-order valence-electron chi connectivity index (χ4n) is 3.76. The molecule has 0 aliphatic carbocycles. The monoisotopic (exact) mass is 346 g/mol. The summed E-state index contributed by atoms with van der Waals surface area (Å²) in [5.74, 6) is 0.656. The normalized spacial score (nSPS) is 17.8. The summed E-state index contributed by atoms with van der Waals surface area (Å²) in [6, 6.07) is 8.69. The predicted octanol–water partition coefficient (Wildman–Crippen LogP) is 3.51. The second kappa shape index (κ2) is 7.60. The third-order valence-electron chi connectivity index (χ3n) is 5.17. The summed E-state index contributed by atoms with van der Waals surface area (Å²) in [6.07, 6.45) is 12.7. The molecule has 5 nitrogen and oxygen atoms in total. The van der Waals surface area contributed by atoms with Gasteiger partial charge in [0.05, 0.1) is 5.56 Å². The van der Waals surface area contributed by atoms with Crippen molar-refractivity contribution in [3.05, 3.63) is 66.5 Å². The van der Waals surface area contributed by atoms with E-state index in [0.717, 1.165) is 38.8 Å². The average molecular weight is 346 g/mol. The van der Waals surface area contributed by atoms with Crippen LogP contribution < -0.4 is 0 Å². The van der Waals surface area contributed by atoms with Gasteiger partial charge in [0.15, 0.2) is 0 Å². The minimum atomic E-state index is 0.0458. The predicted molar refractivity (Wildman–Crippen MR) is 101 cm³/mol. The van der Waals surface area contributed by atoms with Gasteiger partial charge in [0.2, 0.25) is 0 Å².